The topological polar surface area (TPSA) is 41.1 Å². The fourth-order valence-electron chi connectivity index (χ4n) is 2.49. The van der Waals surface area contributed by atoms with Gasteiger partial charge in [-0.15, -0.1) is 0 Å². The molecule has 2 N–H and O–H groups in total. The summed E-state index contributed by atoms with van der Waals surface area (Å²) >= 11 is 0. The Morgan fingerprint density at radius 2 is 1.76 bits per heavy atom. The highest BCUT2D eigenvalue weighted by Gasteiger charge is 2.11. The maximum absolute atomic E-state index is 12.0. The van der Waals surface area contributed by atoms with Crippen LogP contribution in [0.1, 0.15) is 38.8 Å². The van der Waals surface area contributed by atoms with Crippen LogP contribution >= 0.6 is 0 Å². The molecule has 1 unspecified atom stereocenters. The number of carbonyl (C=O) groups excluding carboxylic acids is 1. The van der Waals surface area contributed by atoms with Crippen molar-refractivity contribution in [2.75, 3.05) is 6.54 Å². The lowest BCUT2D eigenvalue weighted by Crippen LogP contribution is -2.32. The van der Waals surface area contributed by atoms with Crippen LogP contribution in [-0.2, 0) is 4.79 Å². The first-order valence-electron chi connectivity index (χ1n) is 7.58. The van der Waals surface area contributed by atoms with Crippen molar-refractivity contribution in [3.05, 3.63) is 48.0 Å². The largest absolute Gasteiger partial charge is 0.350 e. The number of amides is 1. The Morgan fingerprint density at radius 1 is 1.05 bits per heavy atom. The Bertz CT molecular complexity index is 602. The number of hydrogen-bond donors (Lipinski definition) is 2. The van der Waals surface area contributed by atoms with Crippen molar-refractivity contribution < 1.29 is 4.79 Å². The molecule has 2 aromatic carbocycles. The molecule has 2 aromatic rings. The molecule has 3 nitrogen and oxygen atoms in total. The summed E-state index contributed by atoms with van der Waals surface area (Å²) in [6.45, 7) is 6.91. The molecule has 0 radical (unpaired) electrons. The van der Waals surface area contributed by atoms with Crippen molar-refractivity contribution in [2.45, 2.75) is 39.3 Å². The van der Waals surface area contributed by atoms with E-state index in [1.165, 1.54) is 16.3 Å². The van der Waals surface area contributed by atoms with Gasteiger partial charge < -0.3 is 10.6 Å². The first-order valence-corrected chi connectivity index (χ1v) is 7.58. The Hall–Kier alpha value is -1.87. The Morgan fingerprint density at radius 3 is 2.52 bits per heavy atom. The van der Waals surface area contributed by atoms with Crippen molar-refractivity contribution in [1.82, 2.24) is 10.6 Å². The van der Waals surface area contributed by atoms with Gasteiger partial charge in [-0.1, -0.05) is 56.3 Å². The van der Waals surface area contributed by atoms with Crippen LogP contribution in [0.2, 0.25) is 0 Å². The number of carbonyl (C=O) groups is 1. The summed E-state index contributed by atoms with van der Waals surface area (Å²) < 4.78 is 0. The van der Waals surface area contributed by atoms with Crippen molar-refractivity contribution in [3.63, 3.8) is 0 Å². The highest BCUT2D eigenvalue weighted by atomic mass is 16.1. The molecular weight excluding hydrogens is 260 g/mol. The summed E-state index contributed by atoms with van der Waals surface area (Å²) in [4.78, 5) is 12.0. The first-order chi connectivity index (χ1) is 10.1. The average molecular weight is 284 g/mol. The fourth-order valence-corrected chi connectivity index (χ4v) is 2.49. The number of hydrogen-bond acceptors (Lipinski definition) is 2. The van der Waals surface area contributed by atoms with Gasteiger partial charge in [0.2, 0.25) is 5.91 Å². The predicted octanol–water partition coefficient (Wildman–Crippen LogP) is 3.41. The number of nitrogens with one attached hydrogen (secondary N) is 2. The van der Waals surface area contributed by atoms with Gasteiger partial charge in [0, 0.05) is 19.0 Å². The predicted molar refractivity (Wildman–Crippen MR) is 88.3 cm³/mol. The van der Waals surface area contributed by atoms with Crippen molar-refractivity contribution >= 4 is 16.7 Å². The summed E-state index contributed by atoms with van der Waals surface area (Å²) in [6.07, 6.45) is 0.507. The molecule has 0 bridgehead atoms. The van der Waals surface area contributed by atoms with Gasteiger partial charge in [0.15, 0.2) is 0 Å². The molecular formula is C18H24N2O. The van der Waals surface area contributed by atoms with Crippen LogP contribution in [0.4, 0.5) is 0 Å². The molecule has 2 rings (SSSR count). The molecule has 0 saturated heterocycles. The summed E-state index contributed by atoms with van der Waals surface area (Å²) in [5.74, 6) is 0.0867. The molecule has 0 heterocycles. The van der Waals surface area contributed by atoms with E-state index in [1.54, 1.807) is 0 Å². The number of benzene rings is 2. The van der Waals surface area contributed by atoms with Gasteiger partial charge in [0.05, 0.1) is 6.04 Å². The standard InChI is InChI=1S/C18H24N2O/c1-13(2)19-12-11-18(21)20-14(3)16-10-6-8-15-7-4-5-9-17(15)16/h4-10,13-14,19H,11-12H2,1-3H3,(H,20,21). The van der Waals surface area contributed by atoms with Gasteiger partial charge in [-0.3, -0.25) is 4.79 Å². The second kappa shape index (κ2) is 7.23. The first kappa shape index (κ1) is 15.5. The van der Waals surface area contributed by atoms with E-state index in [0.29, 0.717) is 19.0 Å². The minimum absolute atomic E-state index is 0.0163. The van der Waals surface area contributed by atoms with Crippen LogP contribution in [-0.4, -0.2) is 18.5 Å². The minimum atomic E-state index is 0.0163. The monoisotopic (exact) mass is 284 g/mol. The smallest absolute Gasteiger partial charge is 0.221 e. The van der Waals surface area contributed by atoms with Gasteiger partial charge in [0.1, 0.15) is 0 Å². The van der Waals surface area contributed by atoms with Crippen LogP contribution in [0.25, 0.3) is 10.8 Å². The molecule has 0 aliphatic heterocycles. The third-order valence-corrected chi connectivity index (χ3v) is 3.57. The quantitative estimate of drug-likeness (QED) is 0.853. The Labute approximate surface area is 126 Å². The summed E-state index contributed by atoms with van der Waals surface area (Å²) in [5, 5.41) is 8.75. The van der Waals surface area contributed by atoms with Gasteiger partial charge >= 0.3 is 0 Å². The number of fused-ring (bicyclic) bond motifs is 1. The molecule has 0 aliphatic carbocycles. The lowest BCUT2D eigenvalue weighted by molar-refractivity contribution is -0.121. The third kappa shape index (κ3) is 4.30. The molecule has 1 atom stereocenters. The summed E-state index contributed by atoms with van der Waals surface area (Å²) in [7, 11) is 0. The zero-order chi connectivity index (χ0) is 15.2. The molecule has 21 heavy (non-hydrogen) atoms. The second-order valence-electron chi connectivity index (χ2n) is 5.72. The van der Waals surface area contributed by atoms with E-state index in [1.807, 2.05) is 25.1 Å². The van der Waals surface area contributed by atoms with E-state index >= 15 is 0 Å². The fraction of sp³-hybridized carbons (Fsp3) is 0.389. The maximum atomic E-state index is 12.0. The summed E-state index contributed by atoms with van der Waals surface area (Å²) in [6, 6.07) is 14.9. The van der Waals surface area contributed by atoms with Crippen molar-refractivity contribution in [2.24, 2.45) is 0 Å². The van der Waals surface area contributed by atoms with Crippen LogP contribution in [0.3, 0.4) is 0 Å². The molecule has 3 heteroatoms. The van der Waals surface area contributed by atoms with E-state index in [-0.39, 0.29) is 11.9 Å². The van der Waals surface area contributed by atoms with Crippen LogP contribution < -0.4 is 10.6 Å². The van der Waals surface area contributed by atoms with E-state index in [0.717, 1.165) is 0 Å². The van der Waals surface area contributed by atoms with Gasteiger partial charge in [0.25, 0.3) is 0 Å². The van der Waals surface area contributed by atoms with Gasteiger partial charge in [-0.25, -0.2) is 0 Å². The van der Waals surface area contributed by atoms with Crippen LogP contribution in [0, 0.1) is 0 Å². The Balaban J connectivity index is 2.02. The highest BCUT2D eigenvalue weighted by Crippen LogP contribution is 2.23. The molecule has 0 spiro atoms. The normalized spacial score (nSPS) is 12.6. The van der Waals surface area contributed by atoms with E-state index in [2.05, 4.69) is 48.7 Å². The van der Waals surface area contributed by atoms with Crippen molar-refractivity contribution in [1.29, 1.82) is 0 Å². The van der Waals surface area contributed by atoms with E-state index < -0.39 is 0 Å². The minimum Gasteiger partial charge on any atom is -0.350 e. The van der Waals surface area contributed by atoms with E-state index in [4.69, 9.17) is 0 Å². The molecule has 112 valence electrons. The lowest BCUT2D eigenvalue weighted by atomic mass is 9.99. The maximum Gasteiger partial charge on any atom is 0.221 e. The van der Waals surface area contributed by atoms with Crippen LogP contribution in [0.15, 0.2) is 42.5 Å². The molecule has 0 aromatic heterocycles. The molecule has 0 aliphatic rings. The SMILES string of the molecule is CC(C)NCCC(=O)NC(C)c1cccc2ccccc12. The zero-order valence-corrected chi connectivity index (χ0v) is 13.0. The molecule has 0 fully saturated rings. The third-order valence-electron chi connectivity index (χ3n) is 3.57. The van der Waals surface area contributed by atoms with Gasteiger partial charge in [-0.05, 0) is 23.3 Å². The zero-order valence-electron chi connectivity index (χ0n) is 13.0. The van der Waals surface area contributed by atoms with Gasteiger partial charge in [-0.2, -0.15) is 0 Å². The van der Waals surface area contributed by atoms with Crippen LogP contribution in [0.5, 0.6) is 0 Å². The molecule has 1 amide bonds. The second-order valence-corrected chi connectivity index (χ2v) is 5.72. The van der Waals surface area contributed by atoms with Crippen molar-refractivity contribution in [3.8, 4) is 0 Å². The average Bonchev–Trinajstić information content (AvgIpc) is 2.46. The highest BCUT2D eigenvalue weighted by molar-refractivity contribution is 5.86. The Kier molecular flexibility index (Phi) is 5.34. The lowest BCUT2D eigenvalue weighted by Gasteiger charge is -2.17. The van der Waals surface area contributed by atoms with E-state index in [9.17, 15) is 4.79 Å². The summed E-state index contributed by atoms with van der Waals surface area (Å²) in [5.41, 5.74) is 1.17. The number of rotatable bonds is 6. The molecule has 0 saturated carbocycles.